The van der Waals surface area contributed by atoms with Gasteiger partial charge < -0.3 is 9.15 Å². The highest BCUT2D eigenvalue weighted by molar-refractivity contribution is 8.01. The third-order valence-corrected chi connectivity index (χ3v) is 3.99. The van der Waals surface area contributed by atoms with Crippen LogP contribution in [-0.2, 0) is 0 Å². The van der Waals surface area contributed by atoms with E-state index in [1.165, 1.54) is 30.2 Å². The van der Waals surface area contributed by atoms with Crippen molar-refractivity contribution in [2.75, 3.05) is 18.2 Å². The molecule has 2 rings (SSSR count). The second kappa shape index (κ2) is 6.53. The number of methoxy groups -OCH3 is 1. The fraction of sp³-hybridized carbons (Fsp3) is 0.273. The Morgan fingerprint density at radius 2 is 2.35 bits per heavy atom. The van der Waals surface area contributed by atoms with Gasteiger partial charge in [0, 0.05) is 6.07 Å². The number of amides is 1. The summed E-state index contributed by atoms with van der Waals surface area (Å²) in [5.41, 5.74) is -0.427. The number of nitrogens with zero attached hydrogens (tertiary/aromatic N) is 2. The van der Waals surface area contributed by atoms with Crippen molar-refractivity contribution in [1.82, 2.24) is 10.2 Å². The van der Waals surface area contributed by atoms with Crippen LogP contribution in [0.3, 0.4) is 0 Å². The minimum absolute atomic E-state index is 0.0408. The molecule has 9 heteroatoms. The molecular weight excluding hydrogens is 302 g/mol. The van der Waals surface area contributed by atoms with Crippen molar-refractivity contribution in [1.29, 1.82) is 0 Å². The predicted octanol–water partition coefficient (Wildman–Crippen LogP) is 1.86. The lowest BCUT2D eigenvalue weighted by Gasteiger charge is -2.01. The Balaban J connectivity index is 2.11. The topological polar surface area (TPSA) is 94.3 Å². The number of carbonyl (C=O) groups excluding carboxylic acids is 1. The standard InChI is InChI=1S/C11H11N3O4S2/c1-3-19-11-14-13-10(20-11)12-9(16)7-4-6(15)8(17-2)5-18-7/h4-5H,3H2,1-2H3,(H,12,13,16). The van der Waals surface area contributed by atoms with Gasteiger partial charge in [-0.25, -0.2) is 0 Å². The molecule has 0 aliphatic carbocycles. The minimum atomic E-state index is -0.561. The first-order valence-electron chi connectivity index (χ1n) is 5.58. The molecule has 2 aromatic heterocycles. The Morgan fingerprint density at radius 3 is 3.00 bits per heavy atom. The third kappa shape index (κ3) is 3.36. The van der Waals surface area contributed by atoms with Crippen LogP contribution in [0.5, 0.6) is 5.75 Å². The summed E-state index contributed by atoms with van der Waals surface area (Å²) in [7, 11) is 1.35. The van der Waals surface area contributed by atoms with Crippen molar-refractivity contribution in [3.8, 4) is 5.75 Å². The number of carbonyl (C=O) groups is 1. The van der Waals surface area contributed by atoms with E-state index in [0.717, 1.165) is 22.4 Å². The van der Waals surface area contributed by atoms with E-state index in [4.69, 9.17) is 9.15 Å². The van der Waals surface area contributed by atoms with Gasteiger partial charge in [0.25, 0.3) is 5.91 Å². The molecule has 20 heavy (non-hydrogen) atoms. The summed E-state index contributed by atoms with van der Waals surface area (Å²) in [5, 5.41) is 10.6. The van der Waals surface area contributed by atoms with E-state index >= 15 is 0 Å². The van der Waals surface area contributed by atoms with Gasteiger partial charge in [-0.05, 0) is 5.75 Å². The fourth-order valence-electron chi connectivity index (χ4n) is 1.27. The van der Waals surface area contributed by atoms with Crippen LogP contribution in [0.15, 0.2) is 25.9 Å². The third-order valence-electron chi connectivity index (χ3n) is 2.14. The van der Waals surface area contributed by atoms with Crippen LogP contribution in [0.25, 0.3) is 0 Å². The van der Waals surface area contributed by atoms with Gasteiger partial charge in [-0.3, -0.25) is 14.9 Å². The maximum absolute atomic E-state index is 11.9. The first kappa shape index (κ1) is 14.5. The zero-order valence-electron chi connectivity index (χ0n) is 10.7. The monoisotopic (exact) mass is 313 g/mol. The predicted molar refractivity (Wildman–Crippen MR) is 75.8 cm³/mol. The number of ether oxygens (including phenoxy) is 1. The molecule has 0 spiro atoms. The molecule has 0 aliphatic heterocycles. The van der Waals surface area contributed by atoms with Crippen LogP contribution < -0.4 is 15.5 Å². The van der Waals surface area contributed by atoms with E-state index in [-0.39, 0.29) is 11.5 Å². The maximum Gasteiger partial charge on any atom is 0.293 e. The summed E-state index contributed by atoms with van der Waals surface area (Å²) in [6, 6.07) is 1.07. The molecule has 1 N–H and O–H groups in total. The average molecular weight is 313 g/mol. The van der Waals surface area contributed by atoms with Crippen LogP contribution >= 0.6 is 23.1 Å². The fourth-order valence-corrected chi connectivity index (χ4v) is 2.91. The van der Waals surface area contributed by atoms with Crippen molar-refractivity contribution < 1.29 is 13.9 Å². The molecule has 0 atom stereocenters. The number of aromatic nitrogens is 2. The molecule has 7 nitrogen and oxygen atoms in total. The average Bonchev–Trinajstić information content (AvgIpc) is 2.86. The Kier molecular flexibility index (Phi) is 4.74. The van der Waals surface area contributed by atoms with Gasteiger partial charge in [-0.15, -0.1) is 10.2 Å². The number of hydrogen-bond donors (Lipinski definition) is 1. The number of nitrogens with one attached hydrogen (secondary N) is 1. The first-order chi connectivity index (χ1) is 9.63. The number of anilines is 1. The highest BCUT2D eigenvalue weighted by Crippen LogP contribution is 2.25. The van der Waals surface area contributed by atoms with Crippen molar-refractivity contribution in [3.63, 3.8) is 0 Å². The van der Waals surface area contributed by atoms with Gasteiger partial charge in [0.2, 0.25) is 16.3 Å². The normalized spacial score (nSPS) is 10.3. The van der Waals surface area contributed by atoms with Crippen LogP contribution in [-0.4, -0.2) is 29.0 Å². The second-order valence-electron chi connectivity index (χ2n) is 3.44. The van der Waals surface area contributed by atoms with Gasteiger partial charge in [-0.2, -0.15) is 0 Å². The largest absolute Gasteiger partial charge is 0.490 e. The molecule has 0 saturated heterocycles. The quantitative estimate of drug-likeness (QED) is 0.665. The van der Waals surface area contributed by atoms with Crippen LogP contribution in [0.4, 0.5) is 5.13 Å². The molecule has 0 fully saturated rings. The van der Waals surface area contributed by atoms with E-state index < -0.39 is 11.3 Å². The van der Waals surface area contributed by atoms with E-state index in [1.807, 2.05) is 6.92 Å². The number of hydrogen-bond acceptors (Lipinski definition) is 8. The Hall–Kier alpha value is -1.87. The van der Waals surface area contributed by atoms with E-state index in [9.17, 15) is 9.59 Å². The minimum Gasteiger partial charge on any atom is -0.490 e. The molecule has 0 aliphatic rings. The lowest BCUT2D eigenvalue weighted by atomic mass is 10.3. The summed E-state index contributed by atoms with van der Waals surface area (Å²) in [5.74, 6) is 0.236. The first-order valence-corrected chi connectivity index (χ1v) is 7.38. The molecule has 0 radical (unpaired) electrons. The summed E-state index contributed by atoms with van der Waals surface area (Å²) in [6.07, 6.45) is 1.09. The highest BCUT2D eigenvalue weighted by Gasteiger charge is 2.14. The zero-order chi connectivity index (χ0) is 14.5. The van der Waals surface area contributed by atoms with Crippen molar-refractivity contribution in [3.05, 3.63) is 28.3 Å². The number of thioether (sulfide) groups is 1. The second-order valence-corrected chi connectivity index (χ2v) is 5.93. The SMILES string of the molecule is CCSc1nnc(NC(=O)c2cc(=O)c(OC)co2)s1. The van der Waals surface area contributed by atoms with Crippen molar-refractivity contribution in [2.24, 2.45) is 0 Å². The van der Waals surface area contributed by atoms with Crippen LogP contribution in [0.2, 0.25) is 0 Å². The Bertz CT molecular complexity index is 668. The molecule has 0 bridgehead atoms. The molecule has 0 unspecified atom stereocenters. The van der Waals surface area contributed by atoms with E-state index in [0.29, 0.717) is 5.13 Å². The van der Waals surface area contributed by atoms with Crippen LogP contribution in [0, 0.1) is 0 Å². The van der Waals surface area contributed by atoms with Crippen molar-refractivity contribution >= 4 is 34.1 Å². The van der Waals surface area contributed by atoms with Gasteiger partial charge in [0.1, 0.15) is 6.26 Å². The molecule has 0 aromatic carbocycles. The lowest BCUT2D eigenvalue weighted by Crippen LogP contribution is -2.15. The van der Waals surface area contributed by atoms with Gasteiger partial charge >= 0.3 is 0 Å². The van der Waals surface area contributed by atoms with Crippen LogP contribution in [0.1, 0.15) is 17.5 Å². The summed E-state index contributed by atoms with van der Waals surface area (Å²) in [4.78, 5) is 23.4. The Morgan fingerprint density at radius 1 is 1.55 bits per heavy atom. The zero-order valence-corrected chi connectivity index (χ0v) is 12.3. The Labute approximate surface area is 122 Å². The maximum atomic E-state index is 11.9. The summed E-state index contributed by atoms with van der Waals surface area (Å²) < 4.78 is 10.6. The van der Waals surface area contributed by atoms with Gasteiger partial charge in [-0.1, -0.05) is 30.0 Å². The molecule has 2 heterocycles. The summed E-state index contributed by atoms with van der Waals surface area (Å²) >= 11 is 2.79. The highest BCUT2D eigenvalue weighted by atomic mass is 32.2. The van der Waals surface area contributed by atoms with E-state index in [2.05, 4.69) is 15.5 Å². The smallest absolute Gasteiger partial charge is 0.293 e. The van der Waals surface area contributed by atoms with E-state index in [1.54, 1.807) is 0 Å². The molecular formula is C11H11N3O4S2. The number of rotatable bonds is 5. The molecule has 0 saturated carbocycles. The molecule has 1 amide bonds. The summed E-state index contributed by atoms with van der Waals surface area (Å²) in [6.45, 7) is 2.00. The lowest BCUT2D eigenvalue weighted by molar-refractivity contribution is 0.0993. The molecule has 2 aromatic rings. The molecule has 106 valence electrons. The van der Waals surface area contributed by atoms with Crippen molar-refractivity contribution in [2.45, 2.75) is 11.3 Å². The van der Waals surface area contributed by atoms with Gasteiger partial charge in [0.15, 0.2) is 10.1 Å². The van der Waals surface area contributed by atoms with Gasteiger partial charge in [0.05, 0.1) is 7.11 Å².